The predicted molar refractivity (Wildman–Crippen MR) is 63.4 cm³/mol. The van der Waals surface area contributed by atoms with Gasteiger partial charge in [0.2, 0.25) is 0 Å². The smallest absolute Gasteiger partial charge is 0.317 e. The maximum Gasteiger partial charge on any atom is 0.317 e. The van der Waals surface area contributed by atoms with Gasteiger partial charge in [-0.05, 0) is 19.1 Å². The molecule has 0 bridgehead atoms. The Balaban J connectivity index is 2.17. The van der Waals surface area contributed by atoms with Gasteiger partial charge in [-0.25, -0.2) is 4.79 Å². The van der Waals surface area contributed by atoms with Crippen molar-refractivity contribution < 1.29 is 9.53 Å². The lowest BCUT2D eigenvalue weighted by Gasteiger charge is -2.08. The number of nitriles is 1. The van der Waals surface area contributed by atoms with E-state index in [1.165, 1.54) is 0 Å². The molecular weight excluding hydrogens is 218 g/mol. The van der Waals surface area contributed by atoms with Crippen LogP contribution in [0.2, 0.25) is 0 Å². The second-order valence-corrected chi connectivity index (χ2v) is 3.44. The fourth-order valence-electron chi connectivity index (χ4n) is 1.11. The highest BCUT2D eigenvalue weighted by Gasteiger charge is 1.98. The molecule has 2 N–H and O–H groups in total. The fraction of sp³-hybridized carbons (Fsp3) is 0.333. The molecule has 5 heteroatoms. The molecule has 1 rings (SSSR count). The minimum absolute atomic E-state index is 0.0987. The van der Waals surface area contributed by atoms with Crippen molar-refractivity contribution in [2.24, 2.45) is 0 Å². The lowest BCUT2D eigenvalue weighted by Crippen LogP contribution is -2.38. The molecule has 90 valence electrons. The molecule has 0 aliphatic heterocycles. The van der Waals surface area contributed by atoms with Crippen LogP contribution in [-0.4, -0.2) is 19.3 Å². The van der Waals surface area contributed by atoms with E-state index in [1.54, 1.807) is 0 Å². The van der Waals surface area contributed by atoms with E-state index in [-0.39, 0.29) is 12.8 Å². The van der Waals surface area contributed by atoms with Gasteiger partial charge in [-0.15, -0.1) is 0 Å². The first-order valence-electron chi connectivity index (χ1n) is 5.30. The minimum Gasteiger partial charge on any atom is -0.473 e. The van der Waals surface area contributed by atoms with Crippen molar-refractivity contribution in [2.45, 2.75) is 13.3 Å². The number of hydrogen-bond acceptors (Lipinski definition) is 3. The number of hydrogen-bond donors (Lipinski definition) is 2. The number of carbonyl (C=O) groups is 1. The van der Waals surface area contributed by atoms with Gasteiger partial charge >= 0.3 is 6.03 Å². The van der Waals surface area contributed by atoms with E-state index in [0.717, 1.165) is 5.56 Å². The molecule has 2 amide bonds. The van der Waals surface area contributed by atoms with Crippen LogP contribution in [0.5, 0.6) is 5.75 Å². The summed E-state index contributed by atoms with van der Waals surface area (Å²) in [6.45, 7) is 2.43. The molecule has 0 saturated carbocycles. The Morgan fingerprint density at radius 1 is 1.35 bits per heavy atom. The van der Waals surface area contributed by atoms with Crippen molar-refractivity contribution in [1.82, 2.24) is 10.6 Å². The van der Waals surface area contributed by atoms with Gasteiger partial charge in [-0.3, -0.25) is 0 Å². The third-order valence-electron chi connectivity index (χ3n) is 2.01. The summed E-state index contributed by atoms with van der Waals surface area (Å²) in [4.78, 5) is 11.2. The average molecular weight is 233 g/mol. The molecule has 0 aliphatic rings. The number of amides is 2. The number of ether oxygens (including phenoxy) is 1. The lowest BCUT2D eigenvalue weighted by molar-refractivity contribution is 0.224. The molecular formula is C12H15N3O2. The van der Waals surface area contributed by atoms with Gasteiger partial charge in [0.15, 0.2) is 6.73 Å². The second-order valence-electron chi connectivity index (χ2n) is 3.44. The maximum atomic E-state index is 11.2. The Bertz CT molecular complexity index is 395. The third kappa shape index (κ3) is 5.42. The highest BCUT2D eigenvalue weighted by Crippen LogP contribution is 2.10. The standard InChI is InChI=1S/C12H15N3O2/c1-10-3-5-11(6-4-10)17-9-15-12(16)14-8-2-7-13/h3-6H,2,8-9H2,1H3,(H2,14,15,16). The number of benzene rings is 1. The molecule has 0 radical (unpaired) electrons. The first-order valence-corrected chi connectivity index (χ1v) is 5.30. The molecule has 5 nitrogen and oxygen atoms in total. The zero-order chi connectivity index (χ0) is 12.5. The van der Waals surface area contributed by atoms with Crippen LogP contribution in [-0.2, 0) is 0 Å². The Kier molecular flexibility index (Phi) is 5.38. The van der Waals surface area contributed by atoms with E-state index in [9.17, 15) is 4.79 Å². The summed E-state index contributed by atoms with van der Waals surface area (Å²) in [6.07, 6.45) is 0.298. The molecule has 0 saturated heterocycles. The molecule has 0 aliphatic carbocycles. The molecule has 1 aromatic carbocycles. The van der Waals surface area contributed by atoms with Gasteiger partial charge in [-0.1, -0.05) is 17.7 Å². The zero-order valence-electron chi connectivity index (χ0n) is 9.69. The quantitative estimate of drug-likeness (QED) is 0.598. The number of rotatable bonds is 5. The average Bonchev–Trinajstić information content (AvgIpc) is 2.32. The summed E-state index contributed by atoms with van der Waals surface area (Å²) in [7, 11) is 0. The van der Waals surface area contributed by atoms with Crippen LogP contribution >= 0.6 is 0 Å². The summed E-state index contributed by atoms with van der Waals surface area (Å²) < 4.78 is 5.30. The molecule has 0 aromatic heterocycles. The van der Waals surface area contributed by atoms with Crippen LogP contribution in [0.25, 0.3) is 0 Å². The van der Waals surface area contributed by atoms with Crippen LogP contribution in [0.1, 0.15) is 12.0 Å². The molecule has 0 heterocycles. The van der Waals surface area contributed by atoms with Gasteiger partial charge in [0.25, 0.3) is 0 Å². The third-order valence-corrected chi connectivity index (χ3v) is 2.01. The first kappa shape index (κ1) is 12.8. The van der Waals surface area contributed by atoms with Gasteiger partial charge in [0.1, 0.15) is 5.75 Å². The van der Waals surface area contributed by atoms with Crippen molar-refractivity contribution >= 4 is 6.03 Å². The Labute approximate surface area is 100 Å². The van der Waals surface area contributed by atoms with Gasteiger partial charge in [0, 0.05) is 6.54 Å². The Hall–Kier alpha value is -2.22. The minimum atomic E-state index is -0.340. The van der Waals surface area contributed by atoms with Gasteiger partial charge < -0.3 is 15.4 Å². The Morgan fingerprint density at radius 2 is 2.06 bits per heavy atom. The highest BCUT2D eigenvalue weighted by atomic mass is 16.5. The first-order chi connectivity index (χ1) is 8.22. The summed E-state index contributed by atoms with van der Waals surface area (Å²) >= 11 is 0. The number of nitrogens with zero attached hydrogens (tertiary/aromatic N) is 1. The van der Waals surface area contributed by atoms with Gasteiger partial charge in [0.05, 0.1) is 12.5 Å². The summed E-state index contributed by atoms with van der Waals surface area (Å²) in [5, 5.41) is 13.3. The molecule has 17 heavy (non-hydrogen) atoms. The monoisotopic (exact) mass is 233 g/mol. The largest absolute Gasteiger partial charge is 0.473 e. The normalized spacial score (nSPS) is 9.18. The van der Waals surface area contributed by atoms with Crippen LogP contribution in [0, 0.1) is 18.3 Å². The SMILES string of the molecule is Cc1ccc(OCNC(=O)NCCC#N)cc1. The van der Waals surface area contributed by atoms with E-state index in [1.807, 2.05) is 37.3 Å². The van der Waals surface area contributed by atoms with E-state index < -0.39 is 0 Å². The summed E-state index contributed by atoms with van der Waals surface area (Å²) in [5.41, 5.74) is 1.15. The second kappa shape index (κ2) is 7.12. The zero-order valence-corrected chi connectivity index (χ0v) is 9.69. The number of aryl methyl sites for hydroxylation is 1. The lowest BCUT2D eigenvalue weighted by atomic mass is 10.2. The number of carbonyl (C=O) groups excluding carboxylic acids is 1. The molecule has 0 spiro atoms. The van der Waals surface area contributed by atoms with Crippen molar-refractivity contribution in [3.63, 3.8) is 0 Å². The van der Waals surface area contributed by atoms with E-state index in [0.29, 0.717) is 18.7 Å². The number of nitrogens with one attached hydrogen (secondary N) is 2. The van der Waals surface area contributed by atoms with Crippen LogP contribution < -0.4 is 15.4 Å². The predicted octanol–water partition coefficient (Wildman–Crippen LogP) is 1.54. The van der Waals surface area contributed by atoms with Crippen molar-refractivity contribution in [3.05, 3.63) is 29.8 Å². The molecule has 0 atom stereocenters. The summed E-state index contributed by atoms with van der Waals surface area (Å²) in [6, 6.07) is 9.14. The van der Waals surface area contributed by atoms with Gasteiger partial charge in [-0.2, -0.15) is 5.26 Å². The van der Waals surface area contributed by atoms with E-state index >= 15 is 0 Å². The van der Waals surface area contributed by atoms with Crippen LogP contribution in [0.4, 0.5) is 4.79 Å². The Morgan fingerprint density at radius 3 is 2.71 bits per heavy atom. The van der Waals surface area contributed by atoms with E-state index in [4.69, 9.17) is 10.00 Å². The number of urea groups is 1. The maximum absolute atomic E-state index is 11.2. The topological polar surface area (TPSA) is 74.2 Å². The van der Waals surface area contributed by atoms with E-state index in [2.05, 4.69) is 10.6 Å². The fourth-order valence-corrected chi connectivity index (χ4v) is 1.11. The van der Waals surface area contributed by atoms with Crippen molar-refractivity contribution in [3.8, 4) is 11.8 Å². The molecule has 0 fully saturated rings. The van der Waals surface area contributed by atoms with Crippen molar-refractivity contribution in [2.75, 3.05) is 13.3 Å². The summed E-state index contributed by atoms with van der Waals surface area (Å²) in [5.74, 6) is 0.702. The molecule has 1 aromatic rings. The molecule has 0 unspecified atom stereocenters. The van der Waals surface area contributed by atoms with Crippen molar-refractivity contribution in [1.29, 1.82) is 5.26 Å². The highest BCUT2D eigenvalue weighted by molar-refractivity contribution is 5.73. The van der Waals surface area contributed by atoms with Crippen LogP contribution in [0.3, 0.4) is 0 Å². The van der Waals surface area contributed by atoms with Crippen LogP contribution in [0.15, 0.2) is 24.3 Å².